The van der Waals surface area contributed by atoms with Crippen LogP contribution < -0.4 is 5.32 Å². The summed E-state index contributed by atoms with van der Waals surface area (Å²) in [4.78, 5) is 11.1. The van der Waals surface area contributed by atoms with Gasteiger partial charge in [0.1, 0.15) is 23.5 Å². The predicted octanol–water partition coefficient (Wildman–Crippen LogP) is 4.61. The van der Waals surface area contributed by atoms with Gasteiger partial charge in [0, 0.05) is 0 Å². The zero-order chi connectivity index (χ0) is 23.7. The summed E-state index contributed by atoms with van der Waals surface area (Å²) in [5, 5.41) is 34.8. The number of amidine groups is 1. The van der Waals surface area contributed by atoms with Gasteiger partial charge >= 0.3 is 0 Å². The molecular formula is C24H38N6O. The van der Waals surface area contributed by atoms with Crippen LogP contribution in [-0.4, -0.2) is 48.3 Å². The maximum absolute atomic E-state index is 11.1. The minimum absolute atomic E-state index is 0.270. The molecule has 0 saturated heterocycles. The van der Waals surface area contributed by atoms with Crippen LogP contribution in [0, 0.1) is 28.1 Å². The number of nitrogens with zero attached hydrogens (tertiary/aromatic N) is 4. The lowest BCUT2D eigenvalue weighted by atomic mass is 10.0. The zero-order valence-electron chi connectivity index (χ0n) is 19.7. The summed E-state index contributed by atoms with van der Waals surface area (Å²) < 4.78 is 1.42. The molecule has 1 amide bonds. The number of rotatable bonds is 13. The molecule has 1 aliphatic rings. The van der Waals surface area contributed by atoms with Crippen LogP contribution in [0.3, 0.4) is 0 Å². The van der Waals surface area contributed by atoms with E-state index in [4.69, 9.17) is 21.3 Å². The maximum Gasteiger partial charge on any atom is 0.260 e. The fourth-order valence-corrected chi connectivity index (χ4v) is 3.61. The van der Waals surface area contributed by atoms with Gasteiger partial charge < -0.3 is 15.2 Å². The number of quaternary nitrogens is 1. The molecule has 31 heavy (non-hydrogen) atoms. The van der Waals surface area contributed by atoms with Gasteiger partial charge in [0.15, 0.2) is 0 Å². The molecule has 1 rings (SSSR count). The third-order valence-electron chi connectivity index (χ3n) is 5.50. The molecule has 7 nitrogen and oxygen atoms in total. The van der Waals surface area contributed by atoms with Crippen LogP contribution in [0.1, 0.15) is 79.1 Å². The molecule has 0 aromatic rings. The highest BCUT2D eigenvalue weighted by molar-refractivity contribution is 6.25. The third kappa shape index (κ3) is 9.30. The topological polar surface area (TPSA) is 123 Å². The van der Waals surface area contributed by atoms with Gasteiger partial charge in [-0.1, -0.05) is 53.4 Å². The molecule has 0 unspecified atom stereocenters. The molecule has 1 heterocycles. The lowest BCUT2D eigenvalue weighted by Gasteiger charge is -2.39. The van der Waals surface area contributed by atoms with E-state index >= 15 is 0 Å². The highest BCUT2D eigenvalue weighted by Gasteiger charge is 2.29. The van der Waals surface area contributed by atoms with Crippen LogP contribution in [-0.2, 0) is 4.79 Å². The van der Waals surface area contributed by atoms with Crippen LogP contribution in [0.15, 0.2) is 16.7 Å². The molecule has 0 radical (unpaired) electrons. The SMILES string of the molecule is CCCC[N+](CCCC)(CCCC)CCCC.N#CC(=C=[N-])C1=C(C#N)C(=N)NC1=O. The standard InChI is InChI=1S/C16H36N.C8H2N5O/c1-5-9-13-17(14-10-6-2,15-11-7-3)16-12-8-4;9-1-4(2-10)6-5(3-11)7(12)13-8(6)14/h5-16H2,1-4H3;(H2,12,13,14)/q+1;-1. The molecule has 0 aliphatic carbocycles. The number of nitriles is 2. The van der Waals surface area contributed by atoms with Crippen LogP contribution >= 0.6 is 0 Å². The van der Waals surface area contributed by atoms with Crippen LogP contribution in [0.4, 0.5) is 0 Å². The highest BCUT2D eigenvalue weighted by atomic mass is 16.2. The highest BCUT2D eigenvalue weighted by Crippen LogP contribution is 2.18. The molecule has 1 aliphatic heterocycles. The second-order valence-corrected chi connectivity index (χ2v) is 7.94. The Balaban J connectivity index is 0.000000590. The molecule has 170 valence electrons. The average Bonchev–Trinajstić information content (AvgIpc) is 3.07. The fourth-order valence-electron chi connectivity index (χ4n) is 3.61. The van der Waals surface area contributed by atoms with Gasteiger partial charge in [-0.15, -0.1) is 0 Å². The molecular weight excluding hydrogens is 388 g/mol. The van der Waals surface area contributed by atoms with E-state index in [1.54, 1.807) is 6.07 Å². The van der Waals surface area contributed by atoms with Gasteiger partial charge in [-0.05, 0) is 25.7 Å². The number of hydrogen-bond donors (Lipinski definition) is 2. The van der Waals surface area contributed by atoms with Crippen molar-refractivity contribution in [2.75, 3.05) is 26.2 Å². The van der Waals surface area contributed by atoms with Crippen molar-refractivity contribution >= 4 is 17.6 Å². The van der Waals surface area contributed by atoms with E-state index in [-0.39, 0.29) is 17.0 Å². The summed E-state index contributed by atoms with van der Waals surface area (Å²) in [5.41, 5.74) is -1.04. The Morgan fingerprint density at radius 2 is 1.35 bits per heavy atom. The number of nitrogens with one attached hydrogen (secondary N) is 2. The van der Waals surface area contributed by atoms with Crippen LogP contribution in [0.25, 0.3) is 5.41 Å². The normalized spacial score (nSPS) is 13.0. The fraction of sp³-hybridized carbons (Fsp3) is 0.667. The molecule has 0 spiro atoms. The van der Waals surface area contributed by atoms with Crippen LogP contribution in [0.2, 0.25) is 0 Å². The van der Waals surface area contributed by atoms with Crippen molar-refractivity contribution < 1.29 is 9.28 Å². The summed E-state index contributed by atoms with van der Waals surface area (Å²) in [6, 6.07) is 3.09. The Labute approximate surface area is 188 Å². The molecule has 0 saturated carbocycles. The van der Waals surface area contributed by atoms with Crippen LogP contribution in [0.5, 0.6) is 0 Å². The van der Waals surface area contributed by atoms with Crippen molar-refractivity contribution in [2.45, 2.75) is 79.1 Å². The van der Waals surface area contributed by atoms with Crippen molar-refractivity contribution in [2.24, 2.45) is 0 Å². The average molecular weight is 427 g/mol. The lowest BCUT2D eigenvalue weighted by Crippen LogP contribution is -2.50. The Morgan fingerprint density at radius 1 is 0.935 bits per heavy atom. The van der Waals surface area contributed by atoms with E-state index in [1.807, 2.05) is 5.32 Å². The zero-order valence-corrected chi connectivity index (χ0v) is 19.7. The van der Waals surface area contributed by atoms with E-state index in [2.05, 4.69) is 27.7 Å². The molecule has 0 fully saturated rings. The molecule has 2 N–H and O–H groups in total. The van der Waals surface area contributed by atoms with Crippen molar-refractivity contribution in [3.63, 3.8) is 0 Å². The minimum Gasteiger partial charge on any atom is -0.762 e. The molecule has 0 aromatic heterocycles. The molecule has 7 heteroatoms. The Kier molecular flexibility index (Phi) is 14.6. The minimum atomic E-state index is -0.760. The van der Waals surface area contributed by atoms with Crippen molar-refractivity contribution in [3.8, 4) is 12.1 Å². The third-order valence-corrected chi connectivity index (χ3v) is 5.50. The Hall–Kier alpha value is -2.73. The maximum atomic E-state index is 11.1. The first-order chi connectivity index (χ1) is 14.9. The second-order valence-electron chi connectivity index (χ2n) is 7.94. The van der Waals surface area contributed by atoms with E-state index in [9.17, 15) is 4.79 Å². The number of amides is 1. The smallest absolute Gasteiger partial charge is 0.260 e. The predicted molar refractivity (Wildman–Crippen MR) is 125 cm³/mol. The second kappa shape index (κ2) is 16.0. The first-order valence-corrected chi connectivity index (χ1v) is 11.5. The lowest BCUT2D eigenvalue weighted by molar-refractivity contribution is -0.929. The molecule has 0 bridgehead atoms. The van der Waals surface area contributed by atoms with E-state index in [0.29, 0.717) is 0 Å². The first-order valence-electron chi connectivity index (χ1n) is 11.5. The summed E-state index contributed by atoms with van der Waals surface area (Å²) in [6.45, 7) is 15.0. The van der Waals surface area contributed by atoms with Gasteiger partial charge in [0.05, 0.1) is 37.3 Å². The Morgan fingerprint density at radius 3 is 1.65 bits per heavy atom. The first kappa shape index (κ1) is 28.3. The van der Waals surface area contributed by atoms with Crippen molar-refractivity contribution in [1.29, 1.82) is 15.9 Å². The van der Waals surface area contributed by atoms with E-state index in [1.165, 1.54) is 94.0 Å². The van der Waals surface area contributed by atoms with Crippen molar-refractivity contribution in [3.05, 3.63) is 22.1 Å². The molecule has 0 atom stereocenters. The summed E-state index contributed by atoms with van der Waals surface area (Å²) >= 11 is 0. The number of hydrogen-bond acceptors (Lipinski definition) is 4. The monoisotopic (exact) mass is 426 g/mol. The molecule has 0 aromatic carbocycles. The van der Waals surface area contributed by atoms with Gasteiger partial charge in [-0.25, -0.2) is 5.87 Å². The van der Waals surface area contributed by atoms with E-state index < -0.39 is 11.5 Å². The number of carbonyl (C=O) groups is 1. The number of unbranched alkanes of at least 4 members (excludes halogenated alkanes) is 4. The van der Waals surface area contributed by atoms with Gasteiger partial charge in [-0.2, -0.15) is 10.5 Å². The van der Waals surface area contributed by atoms with Gasteiger partial charge in [-0.3, -0.25) is 10.2 Å². The largest absolute Gasteiger partial charge is 0.762 e. The summed E-state index contributed by atoms with van der Waals surface area (Å²) in [6.07, 6.45) is 11.1. The van der Waals surface area contributed by atoms with E-state index in [0.717, 1.165) is 0 Å². The summed E-state index contributed by atoms with van der Waals surface area (Å²) in [5.74, 6) is 0.359. The Bertz CT molecular complexity index is 724. The van der Waals surface area contributed by atoms with Gasteiger partial charge in [0.25, 0.3) is 5.91 Å². The number of carbonyl (C=O) groups excluding carboxylic acids is 1. The summed E-state index contributed by atoms with van der Waals surface area (Å²) in [7, 11) is 0. The van der Waals surface area contributed by atoms with Crippen molar-refractivity contribution in [1.82, 2.24) is 5.32 Å². The van der Waals surface area contributed by atoms with Gasteiger partial charge in [0.2, 0.25) is 0 Å². The quantitative estimate of drug-likeness (QED) is 0.254.